The van der Waals surface area contributed by atoms with Gasteiger partial charge in [-0.2, -0.15) is 0 Å². The maximum Gasteiger partial charge on any atom is 0.232 e. The van der Waals surface area contributed by atoms with Gasteiger partial charge in [-0.3, -0.25) is 9.10 Å². The molecule has 146 valence electrons. The van der Waals surface area contributed by atoms with E-state index in [0.717, 1.165) is 17.5 Å². The van der Waals surface area contributed by atoms with Gasteiger partial charge in [0.2, 0.25) is 15.9 Å². The molecule has 27 heavy (non-hydrogen) atoms. The summed E-state index contributed by atoms with van der Waals surface area (Å²) in [5.41, 5.74) is 2.17. The monoisotopic (exact) mass is 390 g/mol. The molecule has 0 heterocycles. The number of rotatable bonds is 8. The third-order valence-electron chi connectivity index (χ3n) is 3.86. The largest absolute Gasteiger partial charge is 0.491 e. The molecule has 0 saturated heterocycles. The Balaban J connectivity index is 2.07. The number of hydrogen-bond donors (Lipinski definition) is 1. The summed E-state index contributed by atoms with van der Waals surface area (Å²) in [5, 5.41) is 2.82. The number of ether oxygens (including phenoxy) is 1. The zero-order valence-corrected chi connectivity index (χ0v) is 16.9. The summed E-state index contributed by atoms with van der Waals surface area (Å²) in [6, 6.07) is 14.3. The number of nitrogens with zero attached hydrogens (tertiary/aromatic N) is 1. The van der Waals surface area contributed by atoms with Crippen molar-refractivity contribution in [3.63, 3.8) is 0 Å². The fourth-order valence-electron chi connectivity index (χ4n) is 2.58. The molecule has 0 aliphatic carbocycles. The normalized spacial score (nSPS) is 11.3. The summed E-state index contributed by atoms with van der Waals surface area (Å²) in [6.45, 7) is 5.80. The van der Waals surface area contributed by atoms with E-state index < -0.39 is 10.0 Å². The zero-order chi connectivity index (χ0) is 20.0. The van der Waals surface area contributed by atoms with Crippen molar-refractivity contribution >= 4 is 27.3 Å². The Morgan fingerprint density at radius 3 is 2.30 bits per heavy atom. The van der Waals surface area contributed by atoms with E-state index in [4.69, 9.17) is 4.74 Å². The van der Waals surface area contributed by atoms with E-state index in [1.807, 2.05) is 45.0 Å². The Morgan fingerprint density at radius 2 is 1.74 bits per heavy atom. The highest BCUT2D eigenvalue weighted by Gasteiger charge is 2.19. The first-order chi connectivity index (χ1) is 12.7. The predicted octanol–water partition coefficient (Wildman–Crippen LogP) is 3.58. The summed E-state index contributed by atoms with van der Waals surface area (Å²) in [5.74, 6) is 0.428. The molecule has 0 aromatic heterocycles. The fraction of sp³-hybridized carbons (Fsp3) is 0.350. The summed E-state index contributed by atoms with van der Waals surface area (Å²) >= 11 is 0. The van der Waals surface area contributed by atoms with Crippen LogP contribution in [0.5, 0.6) is 5.75 Å². The molecular weight excluding hydrogens is 364 g/mol. The first kappa shape index (κ1) is 20.8. The first-order valence-electron chi connectivity index (χ1n) is 8.76. The predicted molar refractivity (Wildman–Crippen MR) is 109 cm³/mol. The van der Waals surface area contributed by atoms with Crippen molar-refractivity contribution in [3.05, 3.63) is 54.1 Å². The molecular formula is C20H26N2O4S. The van der Waals surface area contributed by atoms with Crippen LogP contribution in [0.3, 0.4) is 0 Å². The molecule has 2 aromatic carbocycles. The topological polar surface area (TPSA) is 75.7 Å². The molecule has 0 saturated carbocycles. The van der Waals surface area contributed by atoms with Gasteiger partial charge >= 0.3 is 0 Å². The van der Waals surface area contributed by atoms with Crippen molar-refractivity contribution in [2.45, 2.75) is 33.3 Å². The van der Waals surface area contributed by atoms with Crippen LogP contribution in [0.15, 0.2) is 48.5 Å². The molecule has 6 nitrogen and oxygen atoms in total. The average Bonchev–Trinajstić information content (AvgIpc) is 2.57. The number of carbonyl (C=O) groups is 1. The highest BCUT2D eigenvalue weighted by Crippen LogP contribution is 2.23. The molecule has 0 radical (unpaired) electrons. The molecule has 0 atom stereocenters. The second kappa shape index (κ2) is 8.90. The lowest BCUT2D eigenvalue weighted by Crippen LogP contribution is -2.33. The quantitative estimate of drug-likeness (QED) is 0.748. The number of amides is 1. The van der Waals surface area contributed by atoms with Crippen molar-refractivity contribution < 1.29 is 17.9 Å². The van der Waals surface area contributed by atoms with Crippen LogP contribution in [0.1, 0.15) is 25.8 Å². The first-order valence-corrected chi connectivity index (χ1v) is 10.6. The van der Waals surface area contributed by atoms with Crippen LogP contribution in [0.25, 0.3) is 0 Å². The molecule has 0 bridgehead atoms. The van der Waals surface area contributed by atoms with Gasteiger partial charge in [0.15, 0.2) is 0 Å². The van der Waals surface area contributed by atoms with E-state index in [2.05, 4.69) is 5.32 Å². The smallest absolute Gasteiger partial charge is 0.232 e. The van der Waals surface area contributed by atoms with Crippen LogP contribution in [-0.4, -0.2) is 33.2 Å². The number of sulfonamides is 1. The number of para-hydroxylation sites is 1. The third kappa shape index (κ3) is 6.29. The Bertz CT molecular complexity index is 877. The Morgan fingerprint density at radius 1 is 1.11 bits per heavy atom. The van der Waals surface area contributed by atoms with Gasteiger partial charge < -0.3 is 10.1 Å². The molecule has 0 aliphatic rings. The lowest BCUT2D eigenvalue weighted by Gasteiger charge is -2.22. The third-order valence-corrected chi connectivity index (χ3v) is 5.05. The molecule has 2 rings (SSSR count). The number of hydrogen-bond acceptors (Lipinski definition) is 4. The minimum Gasteiger partial charge on any atom is -0.491 e. The summed E-state index contributed by atoms with van der Waals surface area (Å²) < 4.78 is 31.2. The van der Waals surface area contributed by atoms with E-state index in [-0.39, 0.29) is 25.0 Å². The van der Waals surface area contributed by atoms with E-state index in [1.165, 1.54) is 4.31 Å². The maximum absolute atomic E-state index is 12.3. The molecule has 0 aliphatic heterocycles. The van der Waals surface area contributed by atoms with Crippen molar-refractivity contribution in [1.82, 2.24) is 0 Å². The minimum absolute atomic E-state index is 0.0343. The van der Waals surface area contributed by atoms with Crippen molar-refractivity contribution in [1.29, 1.82) is 0 Å². The lowest BCUT2D eigenvalue weighted by atomic mass is 10.2. The molecule has 0 spiro atoms. The lowest BCUT2D eigenvalue weighted by molar-refractivity contribution is -0.116. The highest BCUT2D eigenvalue weighted by molar-refractivity contribution is 7.92. The van der Waals surface area contributed by atoms with Crippen molar-refractivity contribution in [2.24, 2.45) is 0 Å². The Labute approximate surface area is 161 Å². The molecule has 2 aromatic rings. The van der Waals surface area contributed by atoms with Gasteiger partial charge in [-0.05, 0) is 56.7 Å². The van der Waals surface area contributed by atoms with Gasteiger partial charge in [-0.1, -0.05) is 18.2 Å². The summed E-state index contributed by atoms with van der Waals surface area (Å²) in [6.07, 6.45) is 1.21. The number of nitrogens with one attached hydrogen (secondary N) is 1. The van der Waals surface area contributed by atoms with E-state index >= 15 is 0 Å². The maximum atomic E-state index is 12.3. The van der Waals surface area contributed by atoms with Crippen LogP contribution in [-0.2, 0) is 14.8 Å². The van der Waals surface area contributed by atoms with Crippen LogP contribution in [0, 0.1) is 6.92 Å². The molecule has 7 heteroatoms. The number of aryl methyl sites for hydroxylation is 1. The summed E-state index contributed by atoms with van der Waals surface area (Å²) in [4.78, 5) is 12.3. The molecule has 1 N–H and O–H groups in total. The average molecular weight is 391 g/mol. The van der Waals surface area contributed by atoms with Crippen molar-refractivity contribution in [2.75, 3.05) is 22.4 Å². The Hall–Kier alpha value is -2.54. The second-order valence-electron chi connectivity index (χ2n) is 6.61. The van der Waals surface area contributed by atoms with Crippen molar-refractivity contribution in [3.8, 4) is 5.75 Å². The van der Waals surface area contributed by atoms with Crippen LogP contribution in [0.2, 0.25) is 0 Å². The zero-order valence-electron chi connectivity index (χ0n) is 16.1. The van der Waals surface area contributed by atoms with E-state index in [1.54, 1.807) is 24.3 Å². The van der Waals surface area contributed by atoms with E-state index in [9.17, 15) is 13.2 Å². The molecule has 0 fully saturated rings. The summed E-state index contributed by atoms with van der Waals surface area (Å²) in [7, 11) is -3.52. The molecule has 0 unspecified atom stereocenters. The van der Waals surface area contributed by atoms with Gasteiger partial charge in [0.05, 0.1) is 18.0 Å². The van der Waals surface area contributed by atoms with Crippen LogP contribution < -0.4 is 14.4 Å². The number of benzene rings is 2. The van der Waals surface area contributed by atoms with Crippen LogP contribution >= 0.6 is 0 Å². The standard InChI is InChI=1S/C20H26N2O4S/c1-15(2)26-18-11-9-17(10-12-18)22(27(4,24)25)14-13-20(23)21-19-8-6-5-7-16(19)3/h5-12,15H,13-14H2,1-4H3,(H,21,23). The SMILES string of the molecule is Cc1ccccc1NC(=O)CCN(c1ccc(OC(C)C)cc1)S(C)(=O)=O. The second-order valence-corrected chi connectivity index (χ2v) is 8.52. The van der Waals surface area contributed by atoms with Crippen LogP contribution in [0.4, 0.5) is 11.4 Å². The van der Waals surface area contributed by atoms with Gasteiger partial charge in [0.1, 0.15) is 5.75 Å². The fourth-order valence-corrected chi connectivity index (χ4v) is 3.51. The Kier molecular flexibility index (Phi) is 6.85. The van der Waals surface area contributed by atoms with Gasteiger partial charge in [0, 0.05) is 18.7 Å². The molecule has 1 amide bonds. The van der Waals surface area contributed by atoms with Gasteiger partial charge in [-0.15, -0.1) is 0 Å². The van der Waals surface area contributed by atoms with E-state index in [0.29, 0.717) is 11.4 Å². The van der Waals surface area contributed by atoms with Gasteiger partial charge in [-0.25, -0.2) is 8.42 Å². The van der Waals surface area contributed by atoms with Gasteiger partial charge in [0.25, 0.3) is 0 Å². The number of anilines is 2. The minimum atomic E-state index is -3.52. The number of carbonyl (C=O) groups excluding carboxylic acids is 1. The highest BCUT2D eigenvalue weighted by atomic mass is 32.2.